The van der Waals surface area contributed by atoms with Crippen LogP contribution in [0.25, 0.3) is 0 Å². The normalized spacial score (nSPS) is 12.6. The van der Waals surface area contributed by atoms with E-state index >= 15 is 0 Å². The van der Waals surface area contributed by atoms with E-state index in [0.29, 0.717) is 0 Å². The molecule has 1 rings (SSSR count). The fourth-order valence-electron chi connectivity index (χ4n) is 2.47. The van der Waals surface area contributed by atoms with Gasteiger partial charge in [0.2, 0.25) is 0 Å². The van der Waals surface area contributed by atoms with Crippen LogP contribution in [-0.2, 0) is 6.42 Å². The van der Waals surface area contributed by atoms with Crippen molar-refractivity contribution in [1.29, 1.82) is 0 Å². The van der Waals surface area contributed by atoms with Gasteiger partial charge in [0.1, 0.15) is 0 Å². The first kappa shape index (κ1) is 18.8. The van der Waals surface area contributed by atoms with Crippen LogP contribution in [0.15, 0.2) is 29.3 Å². The summed E-state index contributed by atoms with van der Waals surface area (Å²) in [6, 6.07) is 7.96. The van der Waals surface area contributed by atoms with E-state index in [-0.39, 0.29) is 5.41 Å². The molecule has 0 aliphatic rings. The predicted molar refractivity (Wildman–Crippen MR) is 96.9 cm³/mol. The smallest absolute Gasteiger partial charge is 0.191 e. The predicted octanol–water partition coefficient (Wildman–Crippen LogP) is 2.64. The Kier molecular flexibility index (Phi) is 7.69. The van der Waals surface area contributed by atoms with Gasteiger partial charge in [0.15, 0.2) is 5.96 Å². The molecule has 0 spiro atoms. The van der Waals surface area contributed by atoms with Crippen LogP contribution in [0.2, 0.25) is 5.02 Å². The highest BCUT2D eigenvalue weighted by Gasteiger charge is 2.19. The molecule has 0 bridgehead atoms. The molecule has 0 radical (unpaired) electrons. The summed E-state index contributed by atoms with van der Waals surface area (Å²) in [6.07, 6.45) is 0.919. The average Bonchev–Trinajstić information content (AvgIpc) is 2.41. The molecule has 0 aromatic heterocycles. The molecule has 1 aromatic carbocycles. The van der Waals surface area contributed by atoms with Gasteiger partial charge in [-0.2, -0.15) is 0 Å². The number of benzene rings is 1. The first-order valence-electron chi connectivity index (χ1n) is 7.66. The summed E-state index contributed by atoms with van der Waals surface area (Å²) in [4.78, 5) is 6.48. The first-order chi connectivity index (χ1) is 10.3. The number of nitrogens with one attached hydrogen (secondary N) is 2. The quantitative estimate of drug-likeness (QED) is 0.598. The van der Waals surface area contributed by atoms with Crippen molar-refractivity contribution in [2.75, 3.05) is 40.8 Å². The van der Waals surface area contributed by atoms with Gasteiger partial charge in [-0.25, -0.2) is 0 Å². The molecule has 0 unspecified atom stereocenters. The summed E-state index contributed by atoms with van der Waals surface area (Å²) >= 11 is 5.99. The second-order valence-corrected chi connectivity index (χ2v) is 7.07. The summed E-state index contributed by atoms with van der Waals surface area (Å²) in [5.74, 6) is 0.842. The molecule has 0 heterocycles. The van der Waals surface area contributed by atoms with Crippen molar-refractivity contribution in [2.45, 2.75) is 20.3 Å². The van der Waals surface area contributed by atoms with Crippen molar-refractivity contribution >= 4 is 17.6 Å². The van der Waals surface area contributed by atoms with E-state index in [4.69, 9.17) is 11.6 Å². The van der Waals surface area contributed by atoms with Crippen LogP contribution in [0.4, 0.5) is 0 Å². The van der Waals surface area contributed by atoms with Gasteiger partial charge in [0.05, 0.1) is 0 Å². The summed E-state index contributed by atoms with van der Waals surface area (Å²) in [7, 11) is 5.99. The Labute approximate surface area is 140 Å². The van der Waals surface area contributed by atoms with E-state index in [0.717, 1.165) is 37.0 Å². The molecule has 2 N–H and O–H groups in total. The van der Waals surface area contributed by atoms with Gasteiger partial charge in [-0.05, 0) is 43.6 Å². The maximum absolute atomic E-state index is 5.99. The Morgan fingerprint density at radius 1 is 1.27 bits per heavy atom. The van der Waals surface area contributed by atoms with Crippen LogP contribution in [0.5, 0.6) is 0 Å². The number of hydrogen-bond donors (Lipinski definition) is 2. The number of guanidine groups is 1. The van der Waals surface area contributed by atoms with Gasteiger partial charge >= 0.3 is 0 Å². The topological polar surface area (TPSA) is 39.7 Å². The lowest BCUT2D eigenvalue weighted by atomic mass is 9.93. The highest BCUT2D eigenvalue weighted by atomic mass is 35.5. The van der Waals surface area contributed by atoms with E-state index in [9.17, 15) is 0 Å². The SMILES string of the molecule is CN=C(NCCc1cccc(Cl)c1)NCC(C)(C)CN(C)C. The average molecular weight is 325 g/mol. The molecule has 0 saturated heterocycles. The molecule has 5 heteroatoms. The van der Waals surface area contributed by atoms with E-state index in [2.05, 4.69) is 54.5 Å². The second kappa shape index (κ2) is 9.01. The van der Waals surface area contributed by atoms with Gasteiger partial charge in [-0.3, -0.25) is 4.99 Å². The Morgan fingerprint density at radius 2 is 2.00 bits per heavy atom. The summed E-state index contributed by atoms with van der Waals surface area (Å²) in [5, 5.41) is 7.53. The number of hydrogen-bond acceptors (Lipinski definition) is 2. The molecule has 4 nitrogen and oxygen atoms in total. The molecular weight excluding hydrogens is 296 g/mol. The van der Waals surface area contributed by atoms with Gasteiger partial charge in [-0.1, -0.05) is 37.6 Å². The fourth-order valence-corrected chi connectivity index (χ4v) is 2.69. The van der Waals surface area contributed by atoms with Crippen LogP contribution in [0.1, 0.15) is 19.4 Å². The van der Waals surface area contributed by atoms with E-state index in [1.54, 1.807) is 7.05 Å². The highest BCUT2D eigenvalue weighted by molar-refractivity contribution is 6.30. The van der Waals surface area contributed by atoms with Crippen molar-refractivity contribution < 1.29 is 0 Å². The maximum Gasteiger partial charge on any atom is 0.191 e. The van der Waals surface area contributed by atoms with Crippen molar-refractivity contribution in [2.24, 2.45) is 10.4 Å². The molecule has 22 heavy (non-hydrogen) atoms. The van der Waals surface area contributed by atoms with Gasteiger partial charge in [0, 0.05) is 31.7 Å². The number of halogens is 1. The Morgan fingerprint density at radius 3 is 2.59 bits per heavy atom. The van der Waals surface area contributed by atoms with Crippen LogP contribution in [0.3, 0.4) is 0 Å². The Hall–Kier alpha value is -1.26. The van der Waals surface area contributed by atoms with Gasteiger partial charge in [-0.15, -0.1) is 0 Å². The Balaban J connectivity index is 2.37. The maximum atomic E-state index is 5.99. The lowest BCUT2D eigenvalue weighted by Crippen LogP contribution is -2.45. The first-order valence-corrected chi connectivity index (χ1v) is 8.04. The van der Waals surface area contributed by atoms with Gasteiger partial charge < -0.3 is 15.5 Å². The lowest BCUT2D eigenvalue weighted by molar-refractivity contribution is 0.241. The zero-order valence-electron chi connectivity index (χ0n) is 14.4. The van der Waals surface area contributed by atoms with Crippen LogP contribution < -0.4 is 10.6 Å². The number of rotatable bonds is 7. The largest absolute Gasteiger partial charge is 0.356 e. The van der Waals surface area contributed by atoms with Crippen LogP contribution in [-0.4, -0.2) is 51.6 Å². The standard InChI is InChI=1S/C17H29ClN4/c1-17(2,13-22(4)5)12-21-16(19-3)20-10-9-14-7-6-8-15(18)11-14/h6-8,11H,9-10,12-13H2,1-5H3,(H2,19,20,21). The van der Waals surface area contributed by atoms with Crippen LogP contribution >= 0.6 is 11.6 Å². The summed E-state index contributed by atoms with van der Waals surface area (Å²) < 4.78 is 0. The minimum absolute atomic E-state index is 0.189. The van der Waals surface area contributed by atoms with E-state index in [1.807, 2.05) is 18.2 Å². The third-order valence-electron chi connectivity index (χ3n) is 3.30. The van der Waals surface area contributed by atoms with E-state index < -0.39 is 0 Å². The Bertz CT molecular complexity index is 483. The monoisotopic (exact) mass is 324 g/mol. The molecule has 1 aromatic rings. The molecule has 0 amide bonds. The molecule has 124 valence electrons. The second-order valence-electron chi connectivity index (χ2n) is 6.63. The molecule has 0 aliphatic carbocycles. The van der Waals surface area contributed by atoms with Crippen molar-refractivity contribution in [3.05, 3.63) is 34.9 Å². The fraction of sp³-hybridized carbons (Fsp3) is 0.588. The number of aliphatic imine (C=N–C) groups is 1. The zero-order chi connectivity index (χ0) is 16.6. The molecule has 0 atom stereocenters. The minimum atomic E-state index is 0.189. The zero-order valence-corrected chi connectivity index (χ0v) is 15.2. The molecule has 0 aliphatic heterocycles. The minimum Gasteiger partial charge on any atom is -0.356 e. The van der Waals surface area contributed by atoms with E-state index in [1.165, 1.54) is 5.56 Å². The van der Waals surface area contributed by atoms with Gasteiger partial charge in [0.25, 0.3) is 0 Å². The lowest BCUT2D eigenvalue weighted by Gasteiger charge is -2.29. The van der Waals surface area contributed by atoms with Crippen molar-refractivity contribution in [1.82, 2.24) is 15.5 Å². The van der Waals surface area contributed by atoms with Crippen molar-refractivity contribution in [3.63, 3.8) is 0 Å². The summed E-state index contributed by atoms with van der Waals surface area (Å²) in [5.41, 5.74) is 1.41. The highest BCUT2D eigenvalue weighted by Crippen LogP contribution is 2.14. The van der Waals surface area contributed by atoms with Crippen molar-refractivity contribution in [3.8, 4) is 0 Å². The third-order valence-corrected chi connectivity index (χ3v) is 3.53. The third kappa shape index (κ3) is 7.66. The molecular formula is C17H29ClN4. The van der Waals surface area contributed by atoms with Crippen LogP contribution in [0, 0.1) is 5.41 Å². The molecule has 0 fully saturated rings. The number of nitrogens with zero attached hydrogens (tertiary/aromatic N) is 2. The molecule has 0 saturated carbocycles. The summed E-state index contributed by atoms with van der Waals surface area (Å²) in [6.45, 7) is 7.23.